The number of rotatable bonds is 39. The molecule has 7 rings (SSSR count). The maximum absolute atomic E-state index is 14.7. The van der Waals surface area contributed by atoms with E-state index in [4.69, 9.17) is 71.5 Å². The second-order valence-electron chi connectivity index (χ2n) is 21.2. The number of ketones is 1. The number of methoxy groups -OCH3 is 3. The van der Waals surface area contributed by atoms with Crippen molar-refractivity contribution >= 4 is 50.9 Å². The molecule has 474 valence electrons. The molecule has 5 heterocycles. The van der Waals surface area contributed by atoms with Crippen molar-refractivity contribution < 1.29 is 81.1 Å². The van der Waals surface area contributed by atoms with E-state index in [1.54, 1.807) is 33.5 Å². The van der Waals surface area contributed by atoms with Crippen molar-refractivity contribution in [2.24, 2.45) is 0 Å². The Labute approximate surface area is 510 Å². The van der Waals surface area contributed by atoms with Gasteiger partial charge in [-0.1, -0.05) is 32.6 Å². The zero-order valence-electron chi connectivity index (χ0n) is 52.2. The fourth-order valence-electron chi connectivity index (χ4n) is 10.8. The Bertz CT molecular complexity index is 3180. The van der Waals surface area contributed by atoms with Crippen molar-refractivity contribution in [2.75, 3.05) is 140 Å². The molecular weight excluding hydrogens is 1120 g/mol. The largest absolute Gasteiger partial charge is 0.487 e. The Hall–Kier alpha value is -6.71. The summed E-state index contributed by atoms with van der Waals surface area (Å²) < 4.78 is 74.6. The number of benzene rings is 1. The van der Waals surface area contributed by atoms with Gasteiger partial charge in [0.2, 0.25) is 5.75 Å². The van der Waals surface area contributed by atoms with Crippen LogP contribution in [-0.2, 0) is 76.4 Å². The lowest BCUT2D eigenvalue weighted by Crippen LogP contribution is -2.16. The molecule has 21 heteroatoms. The first-order valence-electron chi connectivity index (χ1n) is 30.2. The van der Waals surface area contributed by atoms with Crippen LogP contribution in [0.4, 0.5) is 0 Å². The van der Waals surface area contributed by atoms with Gasteiger partial charge in [-0.2, -0.15) is 0 Å². The number of carbonyl (C=O) groups excluding carboxylic acids is 2. The number of esters is 1. The number of ether oxygens (including phenoxy) is 13. The van der Waals surface area contributed by atoms with E-state index in [1.807, 2.05) is 19.9 Å². The number of carboxylic acid groups (broad SMARTS) is 1. The van der Waals surface area contributed by atoms with Crippen LogP contribution in [0.25, 0.3) is 33.2 Å². The van der Waals surface area contributed by atoms with Crippen LogP contribution in [0.2, 0.25) is 0 Å². The smallest absolute Gasteiger partial charge is 0.306 e. The number of hydrogen-bond donors (Lipinski definition) is 3. The van der Waals surface area contributed by atoms with Gasteiger partial charge in [-0.3, -0.25) is 19.4 Å². The summed E-state index contributed by atoms with van der Waals surface area (Å²) >= 11 is 0. The summed E-state index contributed by atoms with van der Waals surface area (Å²) in [5.41, 5.74) is 13.6. The van der Waals surface area contributed by atoms with Gasteiger partial charge in [0.25, 0.3) is 0 Å². The van der Waals surface area contributed by atoms with Crippen molar-refractivity contribution in [2.45, 2.75) is 105 Å². The topological polar surface area (TPSA) is 249 Å². The van der Waals surface area contributed by atoms with Gasteiger partial charge in [0.05, 0.1) is 145 Å². The maximum atomic E-state index is 14.7. The second kappa shape index (κ2) is 35.3. The molecule has 2 atom stereocenters. The minimum Gasteiger partial charge on any atom is -0.487 e. The summed E-state index contributed by atoms with van der Waals surface area (Å²) in [6, 6.07) is 7.63. The van der Waals surface area contributed by atoms with Crippen LogP contribution in [0.15, 0.2) is 24.3 Å². The first kappa shape index (κ1) is 67.8. The lowest BCUT2D eigenvalue weighted by atomic mass is 9.85. The third kappa shape index (κ3) is 18.7. The number of hydrogen-bond acceptors (Lipinski definition) is 18. The zero-order valence-corrected chi connectivity index (χ0v) is 52.2. The van der Waals surface area contributed by atoms with Crippen molar-refractivity contribution in [3.63, 3.8) is 0 Å². The summed E-state index contributed by atoms with van der Waals surface area (Å²) in [4.78, 5) is 58.6. The Balaban J connectivity index is 1.24. The van der Waals surface area contributed by atoms with Gasteiger partial charge in [-0.15, -0.1) is 0 Å². The number of nitrogens with one attached hydrogen (secondary N) is 2. The first-order valence-corrected chi connectivity index (χ1v) is 30.2. The van der Waals surface area contributed by atoms with Crippen LogP contribution in [0, 0.1) is 25.7 Å². The average Bonchev–Trinajstić information content (AvgIpc) is 1.61. The highest BCUT2D eigenvalue weighted by Gasteiger charge is 2.38. The quantitative estimate of drug-likeness (QED) is 0.0214. The Morgan fingerprint density at radius 1 is 0.644 bits per heavy atom. The highest BCUT2D eigenvalue weighted by Crippen LogP contribution is 2.46. The van der Waals surface area contributed by atoms with Gasteiger partial charge < -0.3 is 76.7 Å². The summed E-state index contributed by atoms with van der Waals surface area (Å²) in [7, 11) is 4.85. The lowest BCUT2D eigenvalue weighted by molar-refractivity contribution is -0.145. The van der Waals surface area contributed by atoms with Crippen molar-refractivity contribution in [3.05, 3.63) is 86.0 Å². The number of nitrogens with zero attached hydrogens (tertiary/aromatic N) is 2. The van der Waals surface area contributed by atoms with E-state index < -0.39 is 23.8 Å². The number of H-pyrrole nitrogens is 2. The normalized spacial score (nSPS) is 14.4. The Morgan fingerprint density at radius 2 is 1.18 bits per heavy atom. The number of allylic oxidation sites excluding steroid dienone is 2. The minimum atomic E-state index is -0.893. The number of aliphatic carboxylic acids is 1. The molecule has 1 aromatic carbocycles. The molecule has 3 aliphatic rings. The summed E-state index contributed by atoms with van der Waals surface area (Å²) in [5, 5.41) is 9.47. The van der Waals surface area contributed by atoms with Crippen molar-refractivity contribution in [3.8, 4) is 29.1 Å². The van der Waals surface area contributed by atoms with Gasteiger partial charge in [0, 0.05) is 74.6 Å². The van der Waals surface area contributed by atoms with E-state index in [9.17, 15) is 19.5 Å². The molecule has 3 N–H and O–H groups in total. The number of fused-ring (bicyclic) bond motifs is 8. The van der Waals surface area contributed by atoms with Gasteiger partial charge >= 0.3 is 11.9 Å². The average molecular weight is 1210 g/mol. The standard InChI is InChI=1S/C66H88N4O17/c1-10-47-42(3)52-39-55-48(11-2)43(4)62(69-55)49(15-13-12-14-16-59(72)73)63-44(5)50(64(70-63)51-37-56(71)61-45(6)53(68-65(51)61)40-54(47)67-52)38-60(74)87-41-46-35-57(84-32-29-81-26-23-78-20-17-75-7)66(86-34-31-83-28-25-80-22-19-77-9)58(36-46)85-33-30-82-27-24-79-21-18-76-8/h35-36,39-40,44,50,68-69H,10-12,14,16-34,37-38,41H2,1-9H3,(H,72,73)/t44-,50?/m0/s1. The molecule has 21 nitrogen and oxygen atoms in total. The Morgan fingerprint density at radius 3 is 1.74 bits per heavy atom. The number of carboxylic acids is 1. The van der Waals surface area contributed by atoms with Crippen LogP contribution in [0.5, 0.6) is 17.2 Å². The molecule has 4 aromatic rings. The van der Waals surface area contributed by atoms with E-state index in [-0.39, 0.29) is 71.3 Å². The highest BCUT2D eigenvalue weighted by atomic mass is 16.6. The molecule has 1 unspecified atom stereocenters. The van der Waals surface area contributed by atoms with Crippen molar-refractivity contribution in [1.82, 2.24) is 19.9 Å². The molecule has 0 saturated carbocycles. The number of Topliss-reactive ketones (excluding diaryl/α,β-unsaturated/α-hetero) is 1. The van der Waals surface area contributed by atoms with E-state index >= 15 is 0 Å². The maximum Gasteiger partial charge on any atom is 0.306 e. The van der Waals surface area contributed by atoms with E-state index in [0.717, 1.165) is 62.2 Å². The molecular formula is C66H88N4O17. The molecule has 8 bridgehead atoms. The van der Waals surface area contributed by atoms with Gasteiger partial charge in [-0.25, -0.2) is 4.98 Å². The number of aryl methyl sites for hydroxylation is 3. The number of carbonyl (C=O) groups is 3. The van der Waals surface area contributed by atoms with Crippen LogP contribution in [-0.4, -0.2) is 183 Å². The van der Waals surface area contributed by atoms with E-state index in [0.29, 0.717) is 155 Å². The number of aromatic nitrogens is 4. The molecule has 87 heavy (non-hydrogen) atoms. The highest BCUT2D eigenvalue weighted by molar-refractivity contribution is 6.13. The third-order valence-corrected chi connectivity index (χ3v) is 15.3. The first-order chi connectivity index (χ1) is 42.3. The second-order valence-corrected chi connectivity index (χ2v) is 21.2. The molecule has 0 amide bonds. The van der Waals surface area contributed by atoms with Gasteiger partial charge in [-0.05, 0) is 97.7 Å². The van der Waals surface area contributed by atoms with Crippen LogP contribution in [0.3, 0.4) is 0 Å². The molecule has 0 fully saturated rings. The fourth-order valence-corrected chi connectivity index (χ4v) is 10.8. The lowest BCUT2D eigenvalue weighted by Gasteiger charge is -2.20. The summed E-state index contributed by atoms with van der Waals surface area (Å²) in [6.45, 7) is 18.3. The van der Waals surface area contributed by atoms with E-state index in [2.05, 4.69) is 55.6 Å². The monoisotopic (exact) mass is 1210 g/mol. The molecule has 0 saturated heterocycles. The van der Waals surface area contributed by atoms with Gasteiger partial charge in [0.1, 0.15) is 26.4 Å². The molecule has 3 aromatic heterocycles. The van der Waals surface area contributed by atoms with E-state index in [1.165, 1.54) is 0 Å². The molecule has 1 aliphatic carbocycles. The van der Waals surface area contributed by atoms with Crippen molar-refractivity contribution in [1.29, 1.82) is 0 Å². The van der Waals surface area contributed by atoms with Gasteiger partial charge in [0.15, 0.2) is 17.3 Å². The molecule has 0 radical (unpaired) electrons. The Kier molecular flexibility index (Phi) is 27.5. The number of unbranched alkanes of at least 4 members (excludes halogenated alkanes) is 1. The van der Waals surface area contributed by atoms with Crippen LogP contribution >= 0.6 is 0 Å². The predicted molar refractivity (Wildman–Crippen MR) is 328 cm³/mol. The molecule has 2 aliphatic heterocycles. The predicted octanol–water partition coefficient (Wildman–Crippen LogP) is 9.38. The third-order valence-electron chi connectivity index (χ3n) is 15.3. The van der Waals surface area contributed by atoms with Crippen LogP contribution < -0.4 is 14.2 Å². The SMILES string of the molecule is CCC1=C(C)c2cc3[nH]c(c(C)c3CC)c(C#CCCCC(=O)O)c3nc(c4c5[nH]c(cc1n2)c(C)c5C(=O)C4)C(CC(=O)OCc1cc(OCCOCCOCCOC)c(OCCOCCOCCOC)c(OCCOCCOCCOC)c1)[C@@H]3C. The summed E-state index contributed by atoms with van der Waals surface area (Å²) in [5.74, 6) is 5.28. The molecule has 0 spiro atoms. The summed E-state index contributed by atoms with van der Waals surface area (Å²) in [6.07, 6.45) is 2.13. The van der Waals surface area contributed by atoms with Crippen LogP contribution in [0.1, 0.15) is 138 Å². The fraction of sp³-hybridized carbons (Fsp3) is 0.561. The minimum absolute atomic E-state index is 0.0203. The zero-order chi connectivity index (χ0) is 62.1. The number of aromatic amines is 2.